The topological polar surface area (TPSA) is 50.5 Å². The monoisotopic (exact) mass is 291 g/mol. The third-order valence-corrected chi connectivity index (χ3v) is 4.20. The van der Waals surface area contributed by atoms with E-state index in [1.807, 2.05) is 24.4 Å². The van der Waals surface area contributed by atoms with Crippen LogP contribution in [0.2, 0.25) is 0 Å². The molecule has 0 spiro atoms. The van der Waals surface area contributed by atoms with E-state index >= 15 is 0 Å². The van der Waals surface area contributed by atoms with Crippen LogP contribution in [0, 0.1) is 0 Å². The van der Waals surface area contributed by atoms with E-state index in [0.29, 0.717) is 4.88 Å². The van der Waals surface area contributed by atoms with Crippen LogP contribution in [0.4, 0.5) is 0 Å². The second-order valence-electron chi connectivity index (χ2n) is 4.60. The average Bonchev–Trinajstić information content (AvgIpc) is 3.14. The van der Waals surface area contributed by atoms with E-state index in [2.05, 4.69) is 0 Å². The molecule has 0 aliphatic rings. The van der Waals surface area contributed by atoms with Crippen molar-refractivity contribution in [3.05, 3.63) is 46.5 Å². The third kappa shape index (κ3) is 3.36. The maximum absolute atomic E-state index is 12.1. The van der Waals surface area contributed by atoms with Gasteiger partial charge in [-0.3, -0.25) is 9.59 Å². The fourth-order valence-electron chi connectivity index (χ4n) is 1.89. The Balaban J connectivity index is 1.87. The lowest BCUT2D eigenvalue weighted by atomic mass is 10.1. The van der Waals surface area contributed by atoms with E-state index in [0.717, 1.165) is 5.76 Å². The molecule has 0 saturated heterocycles. The molecule has 0 fully saturated rings. The number of hydrogen-bond acceptors (Lipinski definition) is 4. The summed E-state index contributed by atoms with van der Waals surface area (Å²) in [6, 6.07) is 7.13. The van der Waals surface area contributed by atoms with Crippen molar-refractivity contribution < 1.29 is 14.0 Å². The van der Waals surface area contributed by atoms with Crippen molar-refractivity contribution in [3.8, 4) is 0 Å². The van der Waals surface area contributed by atoms with E-state index in [-0.39, 0.29) is 30.6 Å². The molecule has 0 radical (unpaired) electrons. The van der Waals surface area contributed by atoms with Crippen molar-refractivity contribution in [2.45, 2.75) is 25.8 Å². The number of carbonyl (C=O) groups is 2. The Kier molecular flexibility index (Phi) is 4.74. The van der Waals surface area contributed by atoms with Gasteiger partial charge in [-0.25, -0.2) is 0 Å². The maximum atomic E-state index is 12.1. The quantitative estimate of drug-likeness (QED) is 0.765. The summed E-state index contributed by atoms with van der Waals surface area (Å²) in [5.74, 6) is 0.705. The normalized spacial score (nSPS) is 12.1. The number of furan rings is 1. The number of thiophene rings is 1. The molecular weight excluding hydrogens is 274 g/mol. The Labute approximate surface area is 122 Å². The lowest BCUT2D eigenvalue weighted by Crippen LogP contribution is -2.29. The van der Waals surface area contributed by atoms with Crippen LogP contribution in [0.1, 0.15) is 41.2 Å². The zero-order valence-electron chi connectivity index (χ0n) is 11.5. The smallest absolute Gasteiger partial charge is 0.223 e. The second kappa shape index (κ2) is 6.52. The van der Waals surface area contributed by atoms with Gasteiger partial charge in [-0.15, -0.1) is 11.3 Å². The molecule has 0 aromatic carbocycles. The molecule has 2 heterocycles. The summed E-state index contributed by atoms with van der Waals surface area (Å²) in [6.07, 6.45) is 2.05. The van der Waals surface area contributed by atoms with Crippen LogP contribution in [0.5, 0.6) is 0 Å². The number of hydrogen-bond donors (Lipinski definition) is 0. The predicted molar refractivity (Wildman–Crippen MR) is 77.8 cm³/mol. The molecule has 0 aliphatic carbocycles. The molecule has 1 amide bonds. The first kappa shape index (κ1) is 14.5. The minimum absolute atomic E-state index is 0.0207. The maximum Gasteiger partial charge on any atom is 0.223 e. The van der Waals surface area contributed by atoms with Gasteiger partial charge in [0.25, 0.3) is 0 Å². The van der Waals surface area contributed by atoms with Gasteiger partial charge in [-0.2, -0.15) is 0 Å². The van der Waals surface area contributed by atoms with Gasteiger partial charge >= 0.3 is 0 Å². The molecule has 5 heteroatoms. The molecule has 1 unspecified atom stereocenters. The molecule has 4 nitrogen and oxygen atoms in total. The summed E-state index contributed by atoms with van der Waals surface area (Å²) in [5, 5.41) is 1.86. The van der Waals surface area contributed by atoms with E-state index in [1.165, 1.54) is 11.3 Å². The van der Waals surface area contributed by atoms with Crippen LogP contribution >= 0.6 is 11.3 Å². The van der Waals surface area contributed by atoms with Crippen molar-refractivity contribution in [1.29, 1.82) is 0 Å². The summed E-state index contributed by atoms with van der Waals surface area (Å²) in [4.78, 5) is 26.3. The van der Waals surface area contributed by atoms with Crippen molar-refractivity contribution in [2.24, 2.45) is 0 Å². The Morgan fingerprint density at radius 3 is 2.70 bits per heavy atom. The molecule has 2 rings (SSSR count). The van der Waals surface area contributed by atoms with Crippen LogP contribution in [0.15, 0.2) is 40.3 Å². The third-order valence-electron chi connectivity index (χ3n) is 3.29. The molecule has 0 bridgehead atoms. The van der Waals surface area contributed by atoms with Gasteiger partial charge < -0.3 is 9.32 Å². The van der Waals surface area contributed by atoms with Gasteiger partial charge in [-0.1, -0.05) is 6.07 Å². The molecule has 2 aromatic rings. The zero-order valence-corrected chi connectivity index (χ0v) is 12.4. The van der Waals surface area contributed by atoms with Gasteiger partial charge in [-0.05, 0) is 30.5 Å². The van der Waals surface area contributed by atoms with Crippen LogP contribution in [0.3, 0.4) is 0 Å². The number of Topliss-reactive ketones (excluding diaryl/α,β-unsaturated/α-hetero) is 1. The molecule has 0 N–H and O–H groups in total. The van der Waals surface area contributed by atoms with Gasteiger partial charge in [0, 0.05) is 19.9 Å². The SMILES string of the molecule is CC(c1ccco1)N(C)C(=O)CCC(=O)c1cccs1. The standard InChI is InChI=1S/C15H17NO3S/c1-11(13-5-3-9-19-13)16(2)15(18)8-7-12(17)14-6-4-10-20-14/h3-6,9-11H,7-8H2,1-2H3. The van der Waals surface area contributed by atoms with Gasteiger partial charge in [0.15, 0.2) is 5.78 Å². The van der Waals surface area contributed by atoms with Gasteiger partial charge in [0.2, 0.25) is 5.91 Å². The highest BCUT2D eigenvalue weighted by molar-refractivity contribution is 7.12. The summed E-state index contributed by atoms with van der Waals surface area (Å²) in [5.41, 5.74) is 0. The van der Waals surface area contributed by atoms with Crippen molar-refractivity contribution in [3.63, 3.8) is 0 Å². The first-order chi connectivity index (χ1) is 9.59. The van der Waals surface area contributed by atoms with Gasteiger partial charge in [0.1, 0.15) is 5.76 Å². The lowest BCUT2D eigenvalue weighted by Gasteiger charge is -2.23. The van der Waals surface area contributed by atoms with Crippen LogP contribution < -0.4 is 0 Å². The Morgan fingerprint density at radius 1 is 1.30 bits per heavy atom. The first-order valence-corrected chi connectivity index (χ1v) is 7.33. The number of nitrogens with zero attached hydrogens (tertiary/aromatic N) is 1. The molecule has 2 aromatic heterocycles. The highest BCUT2D eigenvalue weighted by Crippen LogP contribution is 2.20. The molecular formula is C15H17NO3S. The molecule has 0 aliphatic heterocycles. The minimum Gasteiger partial charge on any atom is -0.467 e. The van der Waals surface area contributed by atoms with Crippen LogP contribution in [-0.4, -0.2) is 23.6 Å². The zero-order chi connectivity index (χ0) is 14.5. The second-order valence-corrected chi connectivity index (χ2v) is 5.54. The summed E-state index contributed by atoms with van der Waals surface area (Å²) >= 11 is 1.41. The number of rotatable bonds is 6. The largest absolute Gasteiger partial charge is 0.467 e. The van der Waals surface area contributed by atoms with Crippen molar-refractivity contribution in [1.82, 2.24) is 4.90 Å². The number of carbonyl (C=O) groups excluding carboxylic acids is 2. The minimum atomic E-state index is -0.130. The fourth-order valence-corrected chi connectivity index (χ4v) is 2.59. The first-order valence-electron chi connectivity index (χ1n) is 6.45. The number of amides is 1. The fraction of sp³-hybridized carbons (Fsp3) is 0.333. The van der Waals surface area contributed by atoms with Crippen LogP contribution in [0.25, 0.3) is 0 Å². The molecule has 20 heavy (non-hydrogen) atoms. The van der Waals surface area contributed by atoms with Gasteiger partial charge in [0.05, 0.1) is 17.2 Å². The van der Waals surface area contributed by atoms with Crippen molar-refractivity contribution in [2.75, 3.05) is 7.05 Å². The van der Waals surface area contributed by atoms with E-state index in [4.69, 9.17) is 4.42 Å². The lowest BCUT2D eigenvalue weighted by molar-refractivity contribution is -0.132. The molecule has 1 atom stereocenters. The summed E-state index contributed by atoms with van der Waals surface area (Å²) in [6.45, 7) is 1.90. The molecule has 106 valence electrons. The Morgan fingerprint density at radius 2 is 2.10 bits per heavy atom. The Hall–Kier alpha value is -1.88. The Bertz CT molecular complexity index is 560. The van der Waals surface area contributed by atoms with Crippen LogP contribution in [-0.2, 0) is 4.79 Å². The van der Waals surface area contributed by atoms with E-state index in [1.54, 1.807) is 30.3 Å². The average molecular weight is 291 g/mol. The van der Waals surface area contributed by atoms with Crippen molar-refractivity contribution >= 4 is 23.0 Å². The highest BCUT2D eigenvalue weighted by Gasteiger charge is 2.20. The number of ketones is 1. The van der Waals surface area contributed by atoms with E-state index in [9.17, 15) is 9.59 Å². The van der Waals surface area contributed by atoms with E-state index < -0.39 is 0 Å². The summed E-state index contributed by atoms with van der Waals surface area (Å²) in [7, 11) is 1.73. The predicted octanol–water partition coefficient (Wildman–Crippen LogP) is 3.52. The highest BCUT2D eigenvalue weighted by atomic mass is 32.1. The summed E-state index contributed by atoms with van der Waals surface area (Å²) < 4.78 is 5.29. The molecule has 0 saturated carbocycles.